The highest BCUT2D eigenvalue weighted by molar-refractivity contribution is 6.36. The largest absolute Gasteiger partial charge is 0.353 e. The Labute approximate surface area is 178 Å². The number of nitrogens with one attached hydrogen (secondary N) is 2. The SMILES string of the molecule is CC(C)(C)c1ccc(Nc2noc3c(C(=O)Nc4cncnc4)c(Cl)ccc23)cc1. The van der Waals surface area contributed by atoms with Crippen molar-refractivity contribution >= 4 is 45.7 Å². The Balaban J connectivity index is 1.64. The Hall–Kier alpha value is -3.45. The number of nitrogens with zero attached hydrogens (tertiary/aromatic N) is 3. The molecule has 2 heterocycles. The zero-order valence-electron chi connectivity index (χ0n) is 16.7. The standard InChI is InChI=1S/C22H20ClN5O2/c1-22(2,3)13-4-6-14(7-5-13)26-20-16-8-9-17(23)18(19(16)30-28-20)21(29)27-15-10-24-12-25-11-15/h4-12H,1-3H3,(H,26,28)(H,27,29). The number of halogens is 1. The molecule has 0 aliphatic carbocycles. The second-order valence-electron chi connectivity index (χ2n) is 7.86. The normalized spacial score (nSPS) is 11.5. The van der Waals surface area contributed by atoms with Crippen LogP contribution in [0, 0.1) is 0 Å². The minimum Gasteiger partial charge on any atom is -0.353 e. The molecular weight excluding hydrogens is 402 g/mol. The van der Waals surface area contributed by atoms with Gasteiger partial charge in [0.25, 0.3) is 5.91 Å². The van der Waals surface area contributed by atoms with Gasteiger partial charge in [-0.05, 0) is 35.2 Å². The van der Waals surface area contributed by atoms with Crippen LogP contribution < -0.4 is 10.6 Å². The van der Waals surface area contributed by atoms with Crippen LogP contribution in [-0.2, 0) is 5.41 Å². The van der Waals surface area contributed by atoms with Crippen molar-refractivity contribution in [1.82, 2.24) is 15.1 Å². The van der Waals surface area contributed by atoms with E-state index in [-0.39, 0.29) is 16.0 Å². The number of carbonyl (C=O) groups excluding carboxylic acids is 1. The molecule has 0 saturated carbocycles. The molecule has 4 rings (SSSR count). The number of rotatable bonds is 4. The molecule has 7 nitrogen and oxygen atoms in total. The fourth-order valence-electron chi connectivity index (χ4n) is 3.03. The molecule has 2 aromatic carbocycles. The number of benzene rings is 2. The first-order chi connectivity index (χ1) is 14.3. The van der Waals surface area contributed by atoms with Crippen molar-refractivity contribution in [3.8, 4) is 0 Å². The lowest BCUT2D eigenvalue weighted by Crippen LogP contribution is -2.13. The molecule has 8 heteroatoms. The molecule has 0 bridgehead atoms. The second-order valence-corrected chi connectivity index (χ2v) is 8.27. The fraction of sp³-hybridized carbons (Fsp3) is 0.182. The van der Waals surface area contributed by atoms with Gasteiger partial charge in [0.1, 0.15) is 11.9 Å². The molecule has 0 radical (unpaired) electrons. The summed E-state index contributed by atoms with van der Waals surface area (Å²) in [5, 5.41) is 11.0. The predicted octanol–water partition coefficient (Wildman–Crippen LogP) is 5.56. The molecule has 0 fully saturated rings. The van der Waals surface area contributed by atoms with Crippen LogP contribution in [0.15, 0.2) is 59.6 Å². The maximum Gasteiger partial charge on any atom is 0.261 e. The van der Waals surface area contributed by atoms with Crippen molar-refractivity contribution < 1.29 is 9.32 Å². The smallest absolute Gasteiger partial charge is 0.261 e. The van der Waals surface area contributed by atoms with Gasteiger partial charge < -0.3 is 15.2 Å². The summed E-state index contributed by atoms with van der Waals surface area (Å²) in [4.78, 5) is 20.6. The van der Waals surface area contributed by atoms with Gasteiger partial charge in [0.05, 0.1) is 28.5 Å². The first-order valence-corrected chi connectivity index (χ1v) is 9.72. The van der Waals surface area contributed by atoms with E-state index >= 15 is 0 Å². The lowest BCUT2D eigenvalue weighted by molar-refractivity contribution is 0.102. The average Bonchev–Trinajstić information content (AvgIpc) is 3.10. The maximum absolute atomic E-state index is 12.8. The number of hydrogen-bond donors (Lipinski definition) is 2. The summed E-state index contributed by atoms with van der Waals surface area (Å²) in [6.45, 7) is 6.50. The molecule has 0 aliphatic heterocycles. The summed E-state index contributed by atoms with van der Waals surface area (Å²) in [5.41, 5.74) is 3.11. The summed E-state index contributed by atoms with van der Waals surface area (Å²) in [7, 11) is 0. The van der Waals surface area contributed by atoms with E-state index in [0.717, 1.165) is 5.69 Å². The molecule has 1 amide bonds. The Kier molecular flexibility index (Phi) is 5.13. The number of fused-ring (bicyclic) bond motifs is 1. The van der Waals surface area contributed by atoms with Crippen LogP contribution in [-0.4, -0.2) is 21.0 Å². The molecular formula is C22H20ClN5O2. The number of carbonyl (C=O) groups is 1. The van der Waals surface area contributed by atoms with E-state index in [0.29, 0.717) is 22.5 Å². The van der Waals surface area contributed by atoms with E-state index in [1.807, 2.05) is 12.1 Å². The summed E-state index contributed by atoms with van der Waals surface area (Å²) < 4.78 is 5.48. The lowest BCUT2D eigenvalue weighted by atomic mass is 9.87. The molecule has 2 aromatic heterocycles. The van der Waals surface area contributed by atoms with Crippen molar-refractivity contribution in [3.63, 3.8) is 0 Å². The number of aromatic nitrogens is 3. The number of anilines is 3. The van der Waals surface area contributed by atoms with Gasteiger partial charge in [-0.15, -0.1) is 0 Å². The third kappa shape index (κ3) is 3.97. The van der Waals surface area contributed by atoms with Crippen molar-refractivity contribution in [3.05, 3.63) is 71.3 Å². The third-order valence-electron chi connectivity index (χ3n) is 4.65. The summed E-state index contributed by atoms with van der Waals surface area (Å²) in [6, 6.07) is 11.5. The van der Waals surface area contributed by atoms with Crippen molar-refractivity contribution in [1.29, 1.82) is 0 Å². The number of amides is 1. The molecule has 2 N–H and O–H groups in total. The van der Waals surface area contributed by atoms with Crippen LogP contribution in [0.2, 0.25) is 5.02 Å². The highest BCUT2D eigenvalue weighted by Gasteiger charge is 2.21. The maximum atomic E-state index is 12.8. The lowest BCUT2D eigenvalue weighted by Gasteiger charge is -2.19. The predicted molar refractivity (Wildman–Crippen MR) is 117 cm³/mol. The first kappa shape index (κ1) is 19.8. The molecule has 0 spiro atoms. The quantitative estimate of drug-likeness (QED) is 0.447. The van der Waals surface area contributed by atoms with Gasteiger partial charge in [-0.3, -0.25) is 4.79 Å². The van der Waals surface area contributed by atoms with Gasteiger partial charge in [-0.2, -0.15) is 0 Å². The van der Waals surface area contributed by atoms with E-state index in [1.165, 1.54) is 24.3 Å². The third-order valence-corrected chi connectivity index (χ3v) is 4.96. The summed E-state index contributed by atoms with van der Waals surface area (Å²) >= 11 is 6.29. The van der Waals surface area contributed by atoms with E-state index in [9.17, 15) is 4.79 Å². The highest BCUT2D eigenvalue weighted by Crippen LogP contribution is 2.33. The van der Waals surface area contributed by atoms with Crippen molar-refractivity contribution in [2.24, 2.45) is 0 Å². The Morgan fingerprint density at radius 1 is 1.00 bits per heavy atom. The minimum absolute atomic E-state index is 0.0714. The molecule has 30 heavy (non-hydrogen) atoms. The fourth-order valence-corrected chi connectivity index (χ4v) is 3.26. The van der Waals surface area contributed by atoms with Gasteiger partial charge in [0.15, 0.2) is 11.4 Å². The van der Waals surface area contributed by atoms with Crippen molar-refractivity contribution in [2.45, 2.75) is 26.2 Å². The minimum atomic E-state index is -0.433. The molecule has 0 saturated heterocycles. The second kappa shape index (κ2) is 7.76. The van der Waals surface area contributed by atoms with E-state index < -0.39 is 5.91 Å². The average molecular weight is 422 g/mol. The van der Waals surface area contributed by atoms with Gasteiger partial charge in [-0.25, -0.2) is 9.97 Å². The van der Waals surface area contributed by atoms with Crippen LogP contribution in [0.5, 0.6) is 0 Å². The highest BCUT2D eigenvalue weighted by atomic mass is 35.5. The monoisotopic (exact) mass is 421 g/mol. The Morgan fingerprint density at radius 2 is 1.70 bits per heavy atom. The molecule has 0 atom stereocenters. The van der Waals surface area contributed by atoms with Gasteiger partial charge >= 0.3 is 0 Å². The number of hydrogen-bond acceptors (Lipinski definition) is 6. The van der Waals surface area contributed by atoms with Crippen molar-refractivity contribution in [2.75, 3.05) is 10.6 Å². The van der Waals surface area contributed by atoms with E-state index in [4.69, 9.17) is 16.1 Å². The van der Waals surface area contributed by atoms with Crippen LogP contribution >= 0.6 is 11.6 Å². The zero-order valence-corrected chi connectivity index (χ0v) is 17.5. The van der Waals surface area contributed by atoms with Crippen LogP contribution in [0.1, 0.15) is 36.7 Å². The van der Waals surface area contributed by atoms with Gasteiger partial charge in [0.2, 0.25) is 0 Å². The molecule has 152 valence electrons. The van der Waals surface area contributed by atoms with Gasteiger partial charge in [0, 0.05) is 5.69 Å². The van der Waals surface area contributed by atoms with E-state index in [1.54, 1.807) is 12.1 Å². The summed E-state index contributed by atoms with van der Waals surface area (Å²) in [6.07, 6.45) is 4.37. The molecule has 0 unspecified atom stereocenters. The van der Waals surface area contributed by atoms with Gasteiger partial charge in [-0.1, -0.05) is 49.7 Å². The van der Waals surface area contributed by atoms with Crippen LogP contribution in [0.3, 0.4) is 0 Å². The molecule has 0 aliphatic rings. The van der Waals surface area contributed by atoms with E-state index in [2.05, 4.69) is 58.7 Å². The Morgan fingerprint density at radius 3 is 2.37 bits per heavy atom. The molecule has 4 aromatic rings. The summed E-state index contributed by atoms with van der Waals surface area (Å²) in [5.74, 6) is 0.0694. The van der Waals surface area contributed by atoms with Crippen LogP contribution in [0.4, 0.5) is 17.2 Å². The Bertz CT molecular complexity index is 1200. The van der Waals surface area contributed by atoms with Crippen LogP contribution in [0.25, 0.3) is 11.0 Å². The first-order valence-electron chi connectivity index (χ1n) is 9.35. The zero-order chi connectivity index (χ0) is 21.3. The topological polar surface area (TPSA) is 92.9 Å².